The molecule has 144 valence electrons. The SMILES string of the molecule is Cc1nc2c(NC3CCOc4cc(F)cc(F)c43)cc(N3CCC3=O)cc2[nH]1. The van der Waals surface area contributed by atoms with Gasteiger partial charge in [-0.1, -0.05) is 0 Å². The number of carbonyl (C=O) groups is 1. The number of ether oxygens (including phenoxy) is 1. The highest BCUT2D eigenvalue weighted by Gasteiger charge is 2.29. The molecule has 1 atom stereocenters. The smallest absolute Gasteiger partial charge is 0.228 e. The Hall–Kier alpha value is -3.16. The van der Waals surface area contributed by atoms with Crippen molar-refractivity contribution < 1.29 is 18.3 Å². The second-order valence-electron chi connectivity index (χ2n) is 7.14. The van der Waals surface area contributed by atoms with Crippen LogP contribution in [0, 0.1) is 18.6 Å². The Morgan fingerprint density at radius 3 is 2.89 bits per heavy atom. The van der Waals surface area contributed by atoms with Crippen molar-refractivity contribution in [1.29, 1.82) is 0 Å². The number of nitrogens with zero attached hydrogens (tertiary/aromatic N) is 2. The molecular formula is C20H18F2N4O2. The third-order valence-corrected chi connectivity index (χ3v) is 5.25. The molecule has 0 spiro atoms. The number of aromatic nitrogens is 2. The van der Waals surface area contributed by atoms with Gasteiger partial charge >= 0.3 is 0 Å². The molecule has 1 saturated heterocycles. The van der Waals surface area contributed by atoms with Gasteiger partial charge in [0.25, 0.3) is 0 Å². The largest absolute Gasteiger partial charge is 0.493 e. The zero-order valence-corrected chi connectivity index (χ0v) is 15.2. The van der Waals surface area contributed by atoms with Gasteiger partial charge < -0.3 is 19.9 Å². The van der Waals surface area contributed by atoms with Crippen LogP contribution in [0.3, 0.4) is 0 Å². The third-order valence-electron chi connectivity index (χ3n) is 5.25. The van der Waals surface area contributed by atoms with E-state index < -0.39 is 17.7 Å². The summed E-state index contributed by atoms with van der Waals surface area (Å²) in [6.07, 6.45) is 1.06. The first-order valence-electron chi connectivity index (χ1n) is 9.18. The molecule has 1 fully saturated rings. The lowest BCUT2D eigenvalue weighted by Crippen LogP contribution is -2.43. The number of aryl methyl sites for hydroxylation is 1. The van der Waals surface area contributed by atoms with E-state index in [0.29, 0.717) is 42.8 Å². The molecule has 3 heterocycles. The lowest BCUT2D eigenvalue weighted by molar-refractivity contribution is -0.122. The molecule has 0 radical (unpaired) electrons. The molecule has 28 heavy (non-hydrogen) atoms. The molecular weight excluding hydrogens is 366 g/mol. The van der Waals surface area contributed by atoms with Gasteiger partial charge in [0, 0.05) is 37.2 Å². The summed E-state index contributed by atoms with van der Waals surface area (Å²) in [6, 6.07) is 5.43. The Morgan fingerprint density at radius 1 is 1.29 bits per heavy atom. The Labute approximate surface area is 159 Å². The number of anilines is 2. The minimum atomic E-state index is -0.666. The Balaban J connectivity index is 1.58. The summed E-state index contributed by atoms with van der Waals surface area (Å²) in [5.41, 5.74) is 3.27. The number of amides is 1. The fraction of sp³-hybridized carbons (Fsp3) is 0.300. The third kappa shape index (κ3) is 2.67. The minimum absolute atomic E-state index is 0.0690. The van der Waals surface area contributed by atoms with Crippen molar-refractivity contribution in [3.63, 3.8) is 0 Å². The predicted octanol–water partition coefficient (Wildman–Crippen LogP) is 3.82. The second kappa shape index (κ2) is 6.19. The number of nitrogens with one attached hydrogen (secondary N) is 2. The summed E-state index contributed by atoms with van der Waals surface area (Å²) in [5.74, 6) is -0.286. The van der Waals surface area contributed by atoms with Gasteiger partial charge in [-0.05, 0) is 19.1 Å². The molecule has 0 aliphatic carbocycles. The molecule has 2 aromatic carbocycles. The monoisotopic (exact) mass is 384 g/mol. The first-order valence-corrected chi connectivity index (χ1v) is 9.18. The molecule has 1 aromatic heterocycles. The van der Waals surface area contributed by atoms with E-state index >= 15 is 0 Å². The van der Waals surface area contributed by atoms with E-state index in [0.717, 1.165) is 23.1 Å². The molecule has 1 amide bonds. The average Bonchev–Trinajstić information content (AvgIpc) is 3.00. The summed E-state index contributed by atoms with van der Waals surface area (Å²) in [6.45, 7) is 2.87. The van der Waals surface area contributed by atoms with Gasteiger partial charge in [-0.2, -0.15) is 0 Å². The predicted molar refractivity (Wildman–Crippen MR) is 101 cm³/mol. The minimum Gasteiger partial charge on any atom is -0.493 e. The molecule has 6 nitrogen and oxygen atoms in total. The zero-order valence-electron chi connectivity index (χ0n) is 15.2. The Morgan fingerprint density at radius 2 is 2.14 bits per heavy atom. The van der Waals surface area contributed by atoms with E-state index in [2.05, 4.69) is 15.3 Å². The summed E-state index contributed by atoms with van der Waals surface area (Å²) in [5, 5.41) is 3.35. The fourth-order valence-corrected chi connectivity index (χ4v) is 3.86. The van der Waals surface area contributed by atoms with Gasteiger partial charge in [0.15, 0.2) is 0 Å². The van der Waals surface area contributed by atoms with Crippen LogP contribution in [-0.2, 0) is 4.79 Å². The molecule has 0 bridgehead atoms. The van der Waals surface area contributed by atoms with Crippen LogP contribution in [0.1, 0.15) is 30.3 Å². The van der Waals surface area contributed by atoms with E-state index in [1.54, 1.807) is 4.90 Å². The van der Waals surface area contributed by atoms with E-state index in [4.69, 9.17) is 4.74 Å². The van der Waals surface area contributed by atoms with E-state index in [1.807, 2.05) is 19.1 Å². The van der Waals surface area contributed by atoms with E-state index in [1.165, 1.54) is 6.07 Å². The maximum Gasteiger partial charge on any atom is 0.228 e. The first-order chi connectivity index (χ1) is 13.5. The molecule has 2 aliphatic rings. The van der Waals surface area contributed by atoms with Gasteiger partial charge in [0.2, 0.25) is 5.91 Å². The van der Waals surface area contributed by atoms with Gasteiger partial charge in [0.1, 0.15) is 28.7 Å². The summed E-state index contributed by atoms with van der Waals surface area (Å²) < 4.78 is 33.5. The maximum absolute atomic E-state index is 14.5. The standard InChI is InChI=1S/C20H18F2N4O2/c1-10-23-15-8-12(26-4-2-18(26)27)9-16(20(15)24-10)25-14-3-5-28-17-7-11(21)6-13(22)19(14)17/h6-9,14,25H,2-5H2,1H3,(H,23,24). The van der Waals surface area contributed by atoms with Crippen LogP contribution in [0.5, 0.6) is 5.75 Å². The van der Waals surface area contributed by atoms with Crippen LogP contribution < -0.4 is 15.0 Å². The number of β-lactam (4-membered cyclic amide) rings is 1. The van der Waals surface area contributed by atoms with Crippen molar-refractivity contribution >= 4 is 28.3 Å². The quantitative estimate of drug-likeness (QED) is 0.674. The number of fused-ring (bicyclic) bond motifs is 2. The number of carbonyl (C=O) groups excluding carboxylic acids is 1. The molecule has 1 unspecified atom stereocenters. The number of rotatable bonds is 3. The average molecular weight is 384 g/mol. The van der Waals surface area contributed by atoms with E-state index in [9.17, 15) is 13.6 Å². The fourth-order valence-electron chi connectivity index (χ4n) is 3.86. The number of imidazole rings is 1. The molecule has 2 N–H and O–H groups in total. The number of H-pyrrole nitrogens is 1. The first kappa shape index (κ1) is 17.0. The van der Waals surface area contributed by atoms with Crippen molar-refractivity contribution in [2.75, 3.05) is 23.4 Å². The molecule has 8 heteroatoms. The lowest BCUT2D eigenvalue weighted by Gasteiger charge is -2.32. The van der Waals surface area contributed by atoms with Gasteiger partial charge in [0.05, 0.1) is 29.4 Å². The van der Waals surface area contributed by atoms with Crippen LogP contribution in [0.2, 0.25) is 0 Å². The number of benzene rings is 2. The Bertz CT molecular complexity index is 1110. The topological polar surface area (TPSA) is 70.2 Å². The number of halogens is 2. The van der Waals surface area contributed by atoms with Gasteiger partial charge in [-0.3, -0.25) is 4.79 Å². The van der Waals surface area contributed by atoms with Gasteiger partial charge in [-0.25, -0.2) is 13.8 Å². The second-order valence-corrected chi connectivity index (χ2v) is 7.14. The van der Waals surface area contributed by atoms with Crippen LogP contribution in [-0.4, -0.2) is 29.0 Å². The van der Waals surface area contributed by atoms with Crippen molar-refractivity contribution in [2.45, 2.75) is 25.8 Å². The van der Waals surface area contributed by atoms with Crippen LogP contribution >= 0.6 is 0 Å². The van der Waals surface area contributed by atoms with Crippen LogP contribution in [0.4, 0.5) is 20.2 Å². The van der Waals surface area contributed by atoms with Crippen molar-refractivity contribution in [3.8, 4) is 5.75 Å². The summed E-state index contributed by atoms with van der Waals surface area (Å²) >= 11 is 0. The molecule has 3 aromatic rings. The van der Waals surface area contributed by atoms with Gasteiger partial charge in [-0.15, -0.1) is 0 Å². The summed E-state index contributed by atoms with van der Waals surface area (Å²) in [4.78, 5) is 21.3. The highest BCUT2D eigenvalue weighted by molar-refractivity contribution is 6.02. The van der Waals surface area contributed by atoms with Crippen molar-refractivity contribution in [1.82, 2.24) is 9.97 Å². The van der Waals surface area contributed by atoms with E-state index in [-0.39, 0.29) is 11.7 Å². The normalized spacial score (nSPS) is 18.6. The highest BCUT2D eigenvalue weighted by atomic mass is 19.1. The van der Waals surface area contributed by atoms with Crippen molar-refractivity contribution in [2.24, 2.45) is 0 Å². The number of hydrogen-bond donors (Lipinski definition) is 2. The maximum atomic E-state index is 14.5. The molecule has 2 aliphatic heterocycles. The number of aromatic amines is 1. The van der Waals surface area contributed by atoms with Crippen LogP contribution in [0.25, 0.3) is 11.0 Å². The number of hydrogen-bond acceptors (Lipinski definition) is 4. The van der Waals surface area contributed by atoms with Crippen molar-refractivity contribution in [3.05, 3.63) is 47.3 Å². The lowest BCUT2D eigenvalue weighted by atomic mass is 9.99. The molecule has 5 rings (SSSR count). The Kier molecular flexibility index (Phi) is 3.75. The zero-order chi connectivity index (χ0) is 19.4. The highest BCUT2D eigenvalue weighted by Crippen LogP contribution is 2.39. The van der Waals surface area contributed by atoms with Crippen LogP contribution in [0.15, 0.2) is 24.3 Å². The molecule has 0 saturated carbocycles. The summed E-state index contributed by atoms with van der Waals surface area (Å²) in [7, 11) is 0.